The van der Waals surface area contributed by atoms with Crippen LogP contribution in [-0.4, -0.2) is 31.9 Å². The third kappa shape index (κ3) is 3.01. The standard InChI is InChI=1S/C19H20N4O3/c1-11-5-8-16(26-11)17-21-18(12-6-7-14(20)9-12)23(22-17)15-4-2-3-13(10-15)19(24)25/h2-5,8,10,12,14H,6-7,9,20H2,1H3,(H,24,25)/t12-,14+/m1/s1. The smallest absolute Gasteiger partial charge is 0.335 e. The molecule has 3 aromatic rings. The number of nitrogens with two attached hydrogens (primary N) is 1. The lowest BCUT2D eigenvalue weighted by Crippen LogP contribution is -2.15. The highest BCUT2D eigenvalue weighted by molar-refractivity contribution is 5.88. The maximum Gasteiger partial charge on any atom is 0.335 e. The Kier molecular flexibility index (Phi) is 4.08. The van der Waals surface area contributed by atoms with E-state index in [4.69, 9.17) is 15.1 Å². The second-order valence-electron chi connectivity index (χ2n) is 6.74. The third-order valence-corrected chi connectivity index (χ3v) is 4.77. The van der Waals surface area contributed by atoms with Gasteiger partial charge in [0.05, 0.1) is 11.3 Å². The molecule has 0 unspecified atom stereocenters. The van der Waals surface area contributed by atoms with Gasteiger partial charge >= 0.3 is 5.97 Å². The van der Waals surface area contributed by atoms with Crippen molar-refractivity contribution >= 4 is 5.97 Å². The van der Waals surface area contributed by atoms with Crippen molar-refractivity contribution in [2.75, 3.05) is 0 Å². The summed E-state index contributed by atoms with van der Waals surface area (Å²) in [5.41, 5.74) is 6.96. The van der Waals surface area contributed by atoms with E-state index >= 15 is 0 Å². The van der Waals surface area contributed by atoms with E-state index < -0.39 is 5.97 Å². The minimum absolute atomic E-state index is 0.157. The van der Waals surface area contributed by atoms with Crippen molar-refractivity contribution in [3.8, 4) is 17.3 Å². The van der Waals surface area contributed by atoms with E-state index in [0.717, 1.165) is 30.8 Å². The molecule has 1 aliphatic carbocycles. The van der Waals surface area contributed by atoms with Crippen LogP contribution in [0, 0.1) is 6.92 Å². The summed E-state index contributed by atoms with van der Waals surface area (Å²) in [7, 11) is 0. The van der Waals surface area contributed by atoms with Crippen molar-refractivity contribution in [1.29, 1.82) is 0 Å². The summed E-state index contributed by atoms with van der Waals surface area (Å²) in [6.45, 7) is 1.87. The molecule has 7 nitrogen and oxygen atoms in total. The van der Waals surface area contributed by atoms with Gasteiger partial charge in [0.25, 0.3) is 0 Å². The number of aromatic nitrogens is 3. The normalized spacial score (nSPS) is 19.8. The van der Waals surface area contributed by atoms with Crippen molar-refractivity contribution in [3.63, 3.8) is 0 Å². The van der Waals surface area contributed by atoms with Crippen molar-refractivity contribution < 1.29 is 14.3 Å². The quantitative estimate of drug-likeness (QED) is 0.747. The zero-order chi connectivity index (χ0) is 18.3. The van der Waals surface area contributed by atoms with E-state index in [1.165, 1.54) is 0 Å². The molecule has 2 aromatic heterocycles. The summed E-state index contributed by atoms with van der Waals surface area (Å²) in [5.74, 6) is 1.89. The van der Waals surface area contributed by atoms with Crippen molar-refractivity contribution in [2.45, 2.75) is 38.1 Å². The first kappa shape index (κ1) is 16.5. The van der Waals surface area contributed by atoms with Gasteiger partial charge in [0.2, 0.25) is 5.82 Å². The van der Waals surface area contributed by atoms with Gasteiger partial charge < -0.3 is 15.3 Å². The molecule has 0 spiro atoms. The fourth-order valence-corrected chi connectivity index (χ4v) is 3.46. The highest BCUT2D eigenvalue weighted by Crippen LogP contribution is 2.35. The lowest BCUT2D eigenvalue weighted by atomic mass is 10.1. The highest BCUT2D eigenvalue weighted by atomic mass is 16.4. The van der Waals surface area contributed by atoms with Gasteiger partial charge in [0.1, 0.15) is 11.6 Å². The number of aromatic carboxylic acids is 1. The van der Waals surface area contributed by atoms with Gasteiger partial charge in [-0.15, -0.1) is 5.10 Å². The first-order valence-electron chi connectivity index (χ1n) is 8.64. The lowest BCUT2D eigenvalue weighted by Gasteiger charge is -2.11. The number of carbonyl (C=O) groups is 1. The molecular formula is C19H20N4O3. The second kappa shape index (κ2) is 6.42. The van der Waals surface area contributed by atoms with Crippen molar-refractivity contribution in [1.82, 2.24) is 14.8 Å². The Morgan fingerprint density at radius 3 is 2.81 bits per heavy atom. The van der Waals surface area contributed by atoms with E-state index in [-0.39, 0.29) is 17.5 Å². The van der Waals surface area contributed by atoms with E-state index in [2.05, 4.69) is 5.10 Å². The molecule has 2 heterocycles. The van der Waals surface area contributed by atoms with Crippen LogP contribution >= 0.6 is 0 Å². The largest absolute Gasteiger partial charge is 0.478 e. The Bertz CT molecular complexity index is 959. The summed E-state index contributed by atoms with van der Waals surface area (Å²) in [4.78, 5) is 16.0. The molecule has 134 valence electrons. The van der Waals surface area contributed by atoms with Gasteiger partial charge in [0.15, 0.2) is 5.76 Å². The molecule has 0 aliphatic heterocycles. The van der Waals surface area contributed by atoms with Gasteiger partial charge in [0, 0.05) is 12.0 Å². The molecule has 0 bridgehead atoms. The zero-order valence-electron chi connectivity index (χ0n) is 14.4. The fourth-order valence-electron chi connectivity index (χ4n) is 3.46. The third-order valence-electron chi connectivity index (χ3n) is 4.77. The van der Waals surface area contributed by atoms with Crippen LogP contribution < -0.4 is 5.73 Å². The summed E-state index contributed by atoms with van der Waals surface area (Å²) in [6, 6.07) is 10.6. The van der Waals surface area contributed by atoms with Crippen LogP contribution in [0.3, 0.4) is 0 Å². The first-order valence-corrected chi connectivity index (χ1v) is 8.64. The summed E-state index contributed by atoms with van der Waals surface area (Å²) in [5, 5.41) is 13.9. The van der Waals surface area contributed by atoms with Gasteiger partial charge in [-0.1, -0.05) is 6.07 Å². The molecule has 7 heteroatoms. The molecule has 4 rings (SSSR count). The van der Waals surface area contributed by atoms with Crippen LogP contribution in [0.4, 0.5) is 0 Å². The molecule has 0 amide bonds. The van der Waals surface area contributed by atoms with E-state index in [9.17, 15) is 9.90 Å². The SMILES string of the molecule is Cc1ccc(-c2nc([C@@H]3CC[C@H](N)C3)n(-c3cccc(C(=O)O)c3)n2)o1. The van der Waals surface area contributed by atoms with Gasteiger partial charge in [-0.25, -0.2) is 14.5 Å². The van der Waals surface area contributed by atoms with Crippen LogP contribution in [0.15, 0.2) is 40.8 Å². The maximum atomic E-state index is 11.3. The summed E-state index contributed by atoms with van der Waals surface area (Å²) in [6.07, 6.45) is 2.73. The highest BCUT2D eigenvalue weighted by Gasteiger charge is 2.29. The Balaban J connectivity index is 1.82. The first-order chi connectivity index (χ1) is 12.5. The van der Waals surface area contributed by atoms with Gasteiger partial charge in [-0.05, 0) is 56.5 Å². The van der Waals surface area contributed by atoms with Crippen LogP contribution in [0.1, 0.15) is 47.1 Å². The van der Waals surface area contributed by atoms with Crippen molar-refractivity contribution in [2.24, 2.45) is 5.73 Å². The number of aryl methyl sites for hydroxylation is 1. The summed E-state index contributed by atoms with van der Waals surface area (Å²) >= 11 is 0. The van der Waals surface area contributed by atoms with Crippen molar-refractivity contribution in [3.05, 3.63) is 53.5 Å². The average molecular weight is 352 g/mol. The molecule has 1 aromatic carbocycles. The van der Waals surface area contributed by atoms with Crippen LogP contribution in [0.2, 0.25) is 0 Å². The van der Waals surface area contributed by atoms with E-state index in [1.807, 2.05) is 25.1 Å². The maximum absolute atomic E-state index is 11.3. The minimum atomic E-state index is -0.974. The van der Waals surface area contributed by atoms with Gasteiger partial charge in [-0.3, -0.25) is 0 Å². The number of hydrogen-bond acceptors (Lipinski definition) is 5. The topological polar surface area (TPSA) is 107 Å². The zero-order valence-corrected chi connectivity index (χ0v) is 14.4. The molecule has 1 saturated carbocycles. The number of carboxylic acids is 1. The Morgan fingerprint density at radius 1 is 1.31 bits per heavy atom. The van der Waals surface area contributed by atoms with E-state index in [0.29, 0.717) is 17.3 Å². The number of nitrogens with zero attached hydrogens (tertiary/aromatic N) is 3. The second-order valence-corrected chi connectivity index (χ2v) is 6.74. The molecule has 0 saturated heterocycles. The number of carboxylic acid groups (broad SMARTS) is 1. The molecule has 3 N–H and O–H groups in total. The Labute approximate surface area is 150 Å². The van der Waals surface area contributed by atoms with Crippen LogP contribution in [0.5, 0.6) is 0 Å². The predicted octanol–water partition coefficient (Wildman–Crippen LogP) is 3.13. The molecule has 1 fully saturated rings. The Hall–Kier alpha value is -2.93. The number of hydrogen-bond donors (Lipinski definition) is 2. The Morgan fingerprint density at radius 2 is 2.15 bits per heavy atom. The van der Waals surface area contributed by atoms with E-state index in [1.54, 1.807) is 22.9 Å². The minimum Gasteiger partial charge on any atom is -0.478 e. The fraction of sp³-hybridized carbons (Fsp3) is 0.316. The summed E-state index contributed by atoms with van der Waals surface area (Å²) < 4.78 is 7.39. The number of rotatable bonds is 4. The van der Waals surface area contributed by atoms with Crippen LogP contribution in [-0.2, 0) is 0 Å². The lowest BCUT2D eigenvalue weighted by molar-refractivity contribution is 0.0697. The van der Waals surface area contributed by atoms with Crippen LogP contribution in [0.25, 0.3) is 17.3 Å². The van der Waals surface area contributed by atoms with Gasteiger partial charge in [-0.2, -0.15) is 0 Å². The molecular weight excluding hydrogens is 332 g/mol. The molecule has 2 atom stereocenters. The molecule has 1 aliphatic rings. The number of furan rings is 1. The predicted molar refractivity (Wildman–Crippen MR) is 95.3 cm³/mol. The number of benzene rings is 1. The monoisotopic (exact) mass is 352 g/mol. The molecule has 26 heavy (non-hydrogen) atoms. The molecule has 0 radical (unpaired) electrons. The average Bonchev–Trinajstić information content (AvgIpc) is 3.34.